The Bertz CT molecular complexity index is 721. The van der Waals surface area contributed by atoms with Crippen LogP contribution in [0.1, 0.15) is 5.56 Å². The maximum Gasteiger partial charge on any atom is 0.0949 e. The maximum atomic E-state index is 6.31. The van der Waals surface area contributed by atoms with Crippen molar-refractivity contribution in [2.45, 2.75) is 6.54 Å². The molecule has 20 heavy (non-hydrogen) atoms. The monoisotopic (exact) mass is 302 g/mol. The van der Waals surface area contributed by atoms with Gasteiger partial charge < -0.3 is 4.57 Å². The van der Waals surface area contributed by atoms with E-state index in [1.165, 1.54) is 5.56 Å². The van der Waals surface area contributed by atoms with Crippen LogP contribution in [0.2, 0.25) is 10.0 Å². The van der Waals surface area contributed by atoms with Gasteiger partial charge in [-0.2, -0.15) is 0 Å². The van der Waals surface area contributed by atoms with Gasteiger partial charge in [0.25, 0.3) is 0 Å². The molecule has 0 N–H and O–H groups in total. The van der Waals surface area contributed by atoms with Gasteiger partial charge in [-0.3, -0.25) is 0 Å². The minimum Gasteiger partial charge on any atom is -0.333 e. The number of rotatable bonds is 3. The summed E-state index contributed by atoms with van der Waals surface area (Å²) < 4.78 is 2.03. The average Bonchev–Trinajstić information content (AvgIpc) is 2.93. The Labute approximate surface area is 127 Å². The Morgan fingerprint density at radius 2 is 1.85 bits per heavy atom. The van der Waals surface area contributed by atoms with Gasteiger partial charge in [0.15, 0.2) is 0 Å². The van der Waals surface area contributed by atoms with E-state index in [0.29, 0.717) is 10.0 Å². The highest BCUT2D eigenvalue weighted by Gasteiger charge is 2.09. The lowest BCUT2D eigenvalue weighted by molar-refractivity contribution is 0.799. The zero-order valence-corrected chi connectivity index (χ0v) is 12.1. The Morgan fingerprint density at radius 3 is 2.60 bits per heavy atom. The van der Waals surface area contributed by atoms with Gasteiger partial charge in [0.2, 0.25) is 0 Å². The lowest BCUT2D eigenvalue weighted by Gasteiger charge is -2.12. The van der Waals surface area contributed by atoms with Crippen LogP contribution in [0.3, 0.4) is 0 Å². The molecule has 0 atom stereocenters. The van der Waals surface area contributed by atoms with Crippen molar-refractivity contribution in [1.82, 2.24) is 9.55 Å². The fourth-order valence-corrected chi connectivity index (χ4v) is 2.72. The van der Waals surface area contributed by atoms with Crippen LogP contribution in [0.4, 0.5) is 0 Å². The molecule has 0 aliphatic carbocycles. The van der Waals surface area contributed by atoms with Gasteiger partial charge in [-0.15, -0.1) is 0 Å². The average molecular weight is 303 g/mol. The third kappa shape index (κ3) is 2.72. The zero-order chi connectivity index (χ0) is 13.9. The first kappa shape index (κ1) is 13.2. The molecule has 100 valence electrons. The van der Waals surface area contributed by atoms with Crippen LogP contribution in [-0.4, -0.2) is 9.55 Å². The molecule has 0 aliphatic heterocycles. The second-order valence-corrected chi connectivity index (χ2v) is 5.36. The van der Waals surface area contributed by atoms with Crippen LogP contribution in [-0.2, 0) is 6.54 Å². The summed E-state index contributed by atoms with van der Waals surface area (Å²) in [7, 11) is 0. The quantitative estimate of drug-likeness (QED) is 0.672. The molecule has 0 aliphatic rings. The molecule has 3 aromatic rings. The van der Waals surface area contributed by atoms with E-state index in [9.17, 15) is 0 Å². The van der Waals surface area contributed by atoms with Crippen molar-refractivity contribution in [3.05, 3.63) is 76.8 Å². The summed E-state index contributed by atoms with van der Waals surface area (Å²) >= 11 is 12.3. The standard InChI is InChI=1S/C16H12Cl2N2/c17-13-5-6-15(16(18)9-13)14-4-2-1-3-12(14)10-20-8-7-19-11-20/h1-9,11H,10H2. The molecule has 2 aromatic carbocycles. The minimum atomic E-state index is 0.644. The summed E-state index contributed by atoms with van der Waals surface area (Å²) in [5.74, 6) is 0. The summed E-state index contributed by atoms with van der Waals surface area (Å²) in [5.41, 5.74) is 3.30. The van der Waals surface area contributed by atoms with Crippen molar-refractivity contribution in [1.29, 1.82) is 0 Å². The lowest BCUT2D eigenvalue weighted by atomic mass is 9.99. The predicted molar refractivity (Wildman–Crippen MR) is 83.2 cm³/mol. The highest BCUT2D eigenvalue weighted by atomic mass is 35.5. The van der Waals surface area contributed by atoms with Crippen LogP contribution < -0.4 is 0 Å². The van der Waals surface area contributed by atoms with E-state index < -0.39 is 0 Å². The van der Waals surface area contributed by atoms with E-state index in [-0.39, 0.29) is 0 Å². The molecule has 3 rings (SSSR count). The number of nitrogens with zero attached hydrogens (tertiary/aromatic N) is 2. The van der Waals surface area contributed by atoms with Gasteiger partial charge in [0, 0.05) is 34.5 Å². The van der Waals surface area contributed by atoms with Crippen LogP contribution in [0.25, 0.3) is 11.1 Å². The first-order valence-electron chi connectivity index (χ1n) is 6.23. The van der Waals surface area contributed by atoms with E-state index in [0.717, 1.165) is 17.7 Å². The molecule has 4 heteroatoms. The lowest BCUT2D eigenvalue weighted by Crippen LogP contribution is -1.98. The Morgan fingerprint density at radius 1 is 1.00 bits per heavy atom. The highest BCUT2D eigenvalue weighted by Crippen LogP contribution is 2.32. The minimum absolute atomic E-state index is 0.644. The summed E-state index contributed by atoms with van der Waals surface area (Å²) in [6, 6.07) is 13.8. The zero-order valence-electron chi connectivity index (χ0n) is 10.6. The summed E-state index contributed by atoms with van der Waals surface area (Å²) in [4.78, 5) is 4.07. The SMILES string of the molecule is Clc1ccc(-c2ccccc2Cn2ccnc2)c(Cl)c1. The smallest absolute Gasteiger partial charge is 0.0949 e. The fourth-order valence-electron chi connectivity index (χ4n) is 2.21. The molecular weight excluding hydrogens is 291 g/mol. The van der Waals surface area contributed by atoms with E-state index in [2.05, 4.69) is 17.1 Å². The second kappa shape index (κ2) is 5.70. The van der Waals surface area contributed by atoms with Crippen molar-refractivity contribution < 1.29 is 0 Å². The van der Waals surface area contributed by atoms with Crippen LogP contribution in [0.5, 0.6) is 0 Å². The van der Waals surface area contributed by atoms with Crippen molar-refractivity contribution in [3.8, 4) is 11.1 Å². The molecule has 0 saturated heterocycles. The topological polar surface area (TPSA) is 17.8 Å². The number of imidazole rings is 1. The van der Waals surface area contributed by atoms with Crippen molar-refractivity contribution in [2.75, 3.05) is 0 Å². The third-order valence-electron chi connectivity index (χ3n) is 3.15. The van der Waals surface area contributed by atoms with E-state index in [4.69, 9.17) is 23.2 Å². The second-order valence-electron chi connectivity index (χ2n) is 4.52. The molecule has 0 amide bonds. The van der Waals surface area contributed by atoms with Crippen molar-refractivity contribution in [3.63, 3.8) is 0 Å². The number of aromatic nitrogens is 2. The summed E-state index contributed by atoms with van der Waals surface area (Å²) in [6.07, 6.45) is 5.53. The molecule has 0 unspecified atom stereocenters. The first-order chi connectivity index (χ1) is 9.74. The third-order valence-corrected chi connectivity index (χ3v) is 3.70. The molecule has 2 nitrogen and oxygen atoms in total. The number of halogens is 2. The van der Waals surface area contributed by atoms with Crippen LogP contribution in [0.15, 0.2) is 61.2 Å². The van der Waals surface area contributed by atoms with Crippen LogP contribution in [0, 0.1) is 0 Å². The van der Waals surface area contributed by atoms with Gasteiger partial charge >= 0.3 is 0 Å². The molecule has 0 saturated carbocycles. The number of hydrogen-bond acceptors (Lipinski definition) is 1. The predicted octanol–water partition coefficient (Wildman–Crippen LogP) is 4.91. The van der Waals surface area contributed by atoms with Gasteiger partial charge in [-0.05, 0) is 23.3 Å². The Balaban J connectivity index is 2.05. The summed E-state index contributed by atoms with van der Waals surface area (Å²) in [5, 5.41) is 1.31. The van der Waals surface area contributed by atoms with Gasteiger partial charge in [0.05, 0.1) is 6.33 Å². The molecule has 0 fully saturated rings. The highest BCUT2D eigenvalue weighted by molar-refractivity contribution is 6.36. The molecular formula is C16H12Cl2N2. The van der Waals surface area contributed by atoms with E-state index >= 15 is 0 Å². The van der Waals surface area contributed by atoms with Gasteiger partial charge in [0.1, 0.15) is 0 Å². The Kier molecular flexibility index (Phi) is 3.77. The van der Waals surface area contributed by atoms with Gasteiger partial charge in [-0.25, -0.2) is 4.98 Å². The molecule has 1 heterocycles. The van der Waals surface area contributed by atoms with Gasteiger partial charge in [-0.1, -0.05) is 53.5 Å². The molecule has 1 aromatic heterocycles. The van der Waals surface area contributed by atoms with Crippen LogP contribution >= 0.6 is 23.2 Å². The first-order valence-corrected chi connectivity index (χ1v) is 6.99. The fraction of sp³-hybridized carbons (Fsp3) is 0.0625. The number of hydrogen-bond donors (Lipinski definition) is 0. The molecule has 0 spiro atoms. The maximum absolute atomic E-state index is 6.31. The van der Waals surface area contributed by atoms with Crippen molar-refractivity contribution in [2.24, 2.45) is 0 Å². The van der Waals surface area contributed by atoms with E-state index in [1.807, 2.05) is 35.0 Å². The summed E-state index contributed by atoms with van der Waals surface area (Å²) in [6.45, 7) is 0.759. The molecule has 0 bridgehead atoms. The molecule has 0 radical (unpaired) electrons. The van der Waals surface area contributed by atoms with Crippen molar-refractivity contribution >= 4 is 23.2 Å². The number of benzene rings is 2. The normalized spacial score (nSPS) is 10.7. The largest absolute Gasteiger partial charge is 0.333 e. The Hall–Kier alpha value is -1.77. The van der Waals surface area contributed by atoms with E-state index in [1.54, 1.807) is 18.6 Å².